The van der Waals surface area contributed by atoms with Crippen LogP contribution in [0.25, 0.3) is 11.0 Å². The normalized spacial score (nSPS) is 18.5. The number of amides is 1. The van der Waals surface area contributed by atoms with E-state index in [4.69, 9.17) is 0 Å². The van der Waals surface area contributed by atoms with Gasteiger partial charge in [0.05, 0.1) is 11.7 Å². The van der Waals surface area contributed by atoms with Gasteiger partial charge >= 0.3 is 0 Å². The number of thioether (sulfide) groups is 1. The maximum absolute atomic E-state index is 12.8. The van der Waals surface area contributed by atoms with Gasteiger partial charge in [0.2, 0.25) is 0 Å². The molecule has 1 aliphatic heterocycles. The summed E-state index contributed by atoms with van der Waals surface area (Å²) in [7, 11) is 0. The predicted molar refractivity (Wildman–Crippen MR) is 99.6 cm³/mol. The van der Waals surface area contributed by atoms with Crippen LogP contribution in [0.4, 0.5) is 0 Å². The zero-order chi connectivity index (χ0) is 16.4. The second kappa shape index (κ2) is 6.91. The summed E-state index contributed by atoms with van der Waals surface area (Å²) >= 11 is 3.12. The first kappa shape index (κ1) is 15.6. The molecule has 1 unspecified atom stereocenters. The van der Waals surface area contributed by atoms with E-state index in [9.17, 15) is 4.79 Å². The molecule has 3 aromatic rings. The van der Waals surface area contributed by atoms with Crippen LogP contribution in [0, 0.1) is 0 Å². The number of nitrogens with zero attached hydrogens (tertiary/aromatic N) is 3. The maximum atomic E-state index is 12.8. The lowest BCUT2D eigenvalue weighted by molar-refractivity contribution is 0.0766. The van der Waals surface area contributed by atoms with E-state index >= 15 is 0 Å². The molecule has 0 radical (unpaired) electrons. The van der Waals surface area contributed by atoms with Gasteiger partial charge in [-0.15, -0.1) is 0 Å². The molecule has 2 aromatic carbocycles. The van der Waals surface area contributed by atoms with Gasteiger partial charge in [-0.1, -0.05) is 30.3 Å². The van der Waals surface area contributed by atoms with Crippen molar-refractivity contribution in [2.24, 2.45) is 0 Å². The van der Waals surface area contributed by atoms with Gasteiger partial charge in [-0.3, -0.25) is 4.79 Å². The predicted octanol–water partition coefficient (Wildman–Crippen LogP) is 4.01. The van der Waals surface area contributed by atoms with Crippen LogP contribution in [0.3, 0.4) is 0 Å². The maximum Gasteiger partial charge on any atom is 0.253 e. The van der Waals surface area contributed by atoms with E-state index in [0.717, 1.165) is 36.3 Å². The Kier molecular flexibility index (Phi) is 4.49. The highest BCUT2D eigenvalue weighted by atomic mass is 32.2. The quantitative estimate of drug-likeness (QED) is 0.697. The standard InChI is InChI=1S/C18H17N3OS2/c22-18(14-6-7-15-16(12-14)20-24-19-15)21-9-8-17(23-11-10-21)13-4-2-1-3-5-13/h1-7,12,17H,8-11H2. The molecule has 24 heavy (non-hydrogen) atoms. The fourth-order valence-corrected chi connectivity index (χ4v) is 4.75. The summed E-state index contributed by atoms with van der Waals surface area (Å²) < 4.78 is 8.43. The SMILES string of the molecule is O=C(c1ccc2nsnc2c1)N1CCSC(c2ccccc2)CC1. The Balaban J connectivity index is 1.49. The molecule has 2 heterocycles. The Bertz CT molecular complexity index is 850. The molecule has 1 fully saturated rings. The molecule has 4 rings (SSSR count). The van der Waals surface area contributed by atoms with Crippen molar-refractivity contribution >= 4 is 40.4 Å². The molecule has 0 bridgehead atoms. The Labute approximate surface area is 149 Å². The Hall–Kier alpha value is -1.92. The number of fused-ring (bicyclic) bond motifs is 1. The number of hydrogen-bond acceptors (Lipinski definition) is 5. The molecule has 0 spiro atoms. The molecule has 0 N–H and O–H groups in total. The third kappa shape index (κ3) is 3.16. The molecular weight excluding hydrogens is 338 g/mol. The molecule has 122 valence electrons. The van der Waals surface area contributed by atoms with Gasteiger partial charge in [-0.2, -0.15) is 20.5 Å². The molecule has 0 saturated carbocycles. The Morgan fingerprint density at radius 1 is 1.04 bits per heavy atom. The number of aromatic nitrogens is 2. The lowest BCUT2D eigenvalue weighted by atomic mass is 10.1. The van der Waals surface area contributed by atoms with Crippen molar-refractivity contribution in [2.45, 2.75) is 11.7 Å². The van der Waals surface area contributed by atoms with Crippen LogP contribution in [0.15, 0.2) is 48.5 Å². The molecule has 1 atom stereocenters. The van der Waals surface area contributed by atoms with Gasteiger partial charge in [-0.25, -0.2) is 0 Å². The third-order valence-electron chi connectivity index (χ3n) is 4.30. The molecule has 1 aromatic heterocycles. The largest absolute Gasteiger partial charge is 0.338 e. The van der Waals surface area contributed by atoms with Crippen LogP contribution in [-0.4, -0.2) is 38.4 Å². The van der Waals surface area contributed by atoms with Crippen molar-refractivity contribution in [3.05, 3.63) is 59.7 Å². The average Bonchev–Trinajstić information content (AvgIpc) is 2.96. The monoisotopic (exact) mass is 355 g/mol. The van der Waals surface area contributed by atoms with Crippen molar-refractivity contribution in [3.63, 3.8) is 0 Å². The summed E-state index contributed by atoms with van der Waals surface area (Å²) in [6.07, 6.45) is 0.987. The lowest BCUT2D eigenvalue weighted by Crippen LogP contribution is -2.32. The molecular formula is C18H17N3OS2. The molecule has 1 amide bonds. The van der Waals surface area contributed by atoms with Crippen molar-refractivity contribution in [1.29, 1.82) is 0 Å². The van der Waals surface area contributed by atoms with Crippen LogP contribution in [0.1, 0.15) is 27.6 Å². The van der Waals surface area contributed by atoms with Crippen LogP contribution in [0.2, 0.25) is 0 Å². The summed E-state index contributed by atoms with van der Waals surface area (Å²) in [5.41, 5.74) is 3.72. The molecule has 1 saturated heterocycles. The highest BCUT2D eigenvalue weighted by molar-refractivity contribution is 7.99. The highest BCUT2D eigenvalue weighted by Crippen LogP contribution is 2.34. The van der Waals surface area contributed by atoms with Crippen LogP contribution >= 0.6 is 23.5 Å². The number of carbonyl (C=O) groups excluding carboxylic acids is 1. The fourth-order valence-electron chi connectivity index (χ4n) is 3.00. The van der Waals surface area contributed by atoms with Crippen molar-refractivity contribution in [2.75, 3.05) is 18.8 Å². The molecule has 1 aliphatic rings. The van der Waals surface area contributed by atoms with Gasteiger partial charge in [0.1, 0.15) is 11.0 Å². The van der Waals surface area contributed by atoms with Crippen LogP contribution < -0.4 is 0 Å². The summed E-state index contributed by atoms with van der Waals surface area (Å²) in [6, 6.07) is 16.2. The summed E-state index contributed by atoms with van der Waals surface area (Å²) in [6.45, 7) is 1.58. The first-order valence-electron chi connectivity index (χ1n) is 7.99. The van der Waals surface area contributed by atoms with E-state index in [0.29, 0.717) is 10.8 Å². The second-order valence-electron chi connectivity index (χ2n) is 5.82. The smallest absolute Gasteiger partial charge is 0.253 e. The Morgan fingerprint density at radius 2 is 1.88 bits per heavy atom. The first-order chi connectivity index (χ1) is 11.8. The second-order valence-corrected chi connectivity index (χ2v) is 7.66. The summed E-state index contributed by atoms with van der Waals surface area (Å²) in [5.74, 6) is 1.06. The molecule has 6 heteroatoms. The summed E-state index contributed by atoms with van der Waals surface area (Å²) in [4.78, 5) is 14.8. The minimum absolute atomic E-state index is 0.0965. The number of hydrogen-bond donors (Lipinski definition) is 0. The van der Waals surface area contributed by atoms with E-state index in [1.807, 2.05) is 40.9 Å². The zero-order valence-corrected chi connectivity index (χ0v) is 14.7. The van der Waals surface area contributed by atoms with E-state index in [2.05, 4.69) is 33.0 Å². The van der Waals surface area contributed by atoms with Gasteiger partial charge in [0.15, 0.2) is 0 Å². The van der Waals surface area contributed by atoms with Gasteiger partial charge in [0, 0.05) is 29.7 Å². The lowest BCUT2D eigenvalue weighted by Gasteiger charge is -2.20. The van der Waals surface area contributed by atoms with Gasteiger partial charge in [-0.05, 0) is 30.2 Å². The molecule has 0 aliphatic carbocycles. The Morgan fingerprint density at radius 3 is 2.75 bits per heavy atom. The fraction of sp³-hybridized carbons (Fsp3) is 0.278. The van der Waals surface area contributed by atoms with Gasteiger partial charge in [0.25, 0.3) is 5.91 Å². The highest BCUT2D eigenvalue weighted by Gasteiger charge is 2.23. The van der Waals surface area contributed by atoms with Crippen molar-refractivity contribution in [3.8, 4) is 0 Å². The van der Waals surface area contributed by atoms with Crippen molar-refractivity contribution < 1.29 is 4.79 Å². The summed E-state index contributed by atoms with van der Waals surface area (Å²) in [5, 5.41) is 0.467. The van der Waals surface area contributed by atoms with E-state index < -0.39 is 0 Å². The molecule has 4 nitrogen and oxygen atoms in total. The van der Waals surface area contributed by atoms with E-state index in [-0.39, 0.29) is 5.91 Å². The minimum Gasteiger partial charge on any atom is -0.338 e. The number of rotatable bonds is 2. The van der Waals surface area contributed by atoms with Gasteiger partial charge < -0.3 is 4.90 Å². The number of carbonyl (C=O) groups is 1. The van der Waals surface area contributed by atoms with Crippen molar-refractivity contribution in [1.82, 2.24) is 13.6 Å². The zero-order valence-electron chi connectivity index (χ0n) is 13.1. The third-order valence-corrected chi connectivity index (χ3v) is 6.19. The van der Waals surface area contributed by atoms with E-state index in [1.54, 1.807) is 0 Å². The number of benzene rings is 2. The minimum atomic E-state index is 0.0965. The average molecular weight is 355 g/mol. The van der Waals surface area contributed by atoms with Crippen LogP contribution in [-0.2, 0) is 0 Å². The van der Waals surface area contributed by atoms with Crippen LogP contribution in [0.5, 0.6) is 0 Å². The van der Waals surface area contributed by atoms with E-state index in [1.165, 1.54) is 17.3 Å². The topological polar surface area (TPSA) is 46.1 Å². The first-order valence-corrected chi connectivity index (χ1v) is 9.77.